The summed E-state index contributed by atoms with van der Waals surface area (Å²) in [6.07, 6.45) is 3.19. The standard InChI is InChI=1S/C46H74O8Si2/c1-16-22-34(38(47)27-40(54-56(14,15)45(9,10)11)46(39(17-2)53-46)43(48)49-18-3)36-29-51-42-35(36)26-33(25-31(4)5)41(50-28-32-23-20-19-21-24-32)37(42)30-52-55(12,13)44(6,7)8/h19-21,23-24,26,29,31,34,38-40,47H,16-18,22,25,27-28,30H2,1-15H3/t34-,38?,39?,40+,46?/m1/s1. The molecule has 1 aromatic heterocycles. The molecule has 0 radical (unpaired) electrons. The van der Waals surface area contributed by atoms with Crippen LogP contribution in [0.5, 0.6) is 5.75 Å². The van der Waals surface area contributed by atoms with Crippen LogP contribution in [0.1, 0.15) is 130 Å². The first-order valence-corrected chi connectivity index (χ1v) is 26.9. The van der Waals surface area contributed by atoms with Crippen LogP contribution in [-0.2, 0) is 42.8 Å². The molecule has 3 unspecified atom stereocenters. The summed E-state index contributed by atoms with van der Waals surface area (Å²) < 4.78 is 39.3. The summed E-state index contributed by atoms with van der Waals surface area (Å²) in [7, 11) is -4.59. The maximum atomic E-state index is 13.8. The molecule has 0 amide bonds. The zero-order valence-corrected chi connectivity index (χ0v) is 39.4. The molecule has 1 saturated heterocycles. The smallest absolute Gasteiger partial charge is 0.343 e. The Hall–Kier alpha value is -2.48. The van der Waals surface area contributed by atoms with Crippen molar-refractivity contribution in [2.75, 3.05) is 6.61 Å². The number of furan rings is 1. The van der Waals surface area contributed by atoms with Crippen LogP contribution in [0.2, 0.25) is 36.3 Å². The van der Waals surface area contributed by atoms with Crippen LogP contribution in [0.25, 0.3) is 11.0 Å². The lowest BCUT2D eigenvalue weighted by atomic mass is 9.83. The van der Waals surface area contributed by atoms with Crippen molar-refractivity contribution in [1.82, 2.24) is 0 Å². The van der Waals surface area contributed by atoms with Gasteiger partial charge in [-0.3, -0.25) is 0 Å². The average Bonchev–Trinajstić information content (AvgIpc) is 3.72. The SMILES string of the molecule is CCC[C@H](c1coc2c(CO[Si](C)(C)C(C)(C)C)c(OCc3ccccc3)c(CC(C)C)cc12)C(O)C[C@H](O[Si](C)(C)C(C)(C)C)C1(C(=O)OCC)OC1CC. The highest BCUT2D eigenvalue weighted by atomic mass is 28.4. The van der Waals surface area contributed by atoms with E-state index >= 15 is 0 Å². The summed E-state index contributed by atoms with van der Waals surface area (Å²) in [5.41, 5.74) is 3.53. The van der Waals surface area contributed by atoms with E-state index in [2.05, 4.69) is 107 Å². The molecule has 3 aromatic rings. The van der Waals surface area contributed by atoms with Gasteiger partial charge in [0, 0.05) is 23.3 Å². The second-order valence-corrected chi connectivity index (χ2v) is 29.0. The van der Waals surface area contributed by atoms with E-state index in [1.165, 1.54) is 0 Å². The van der Waals surface area contributed by atoms with E-state index in [9.17, 15) is 9.90 Å². The van der Waals surface area contributed by atoms with Crippen molar-refractivity contribution in [1.29, 1.82) is 0 Å². The molecule has 10 heteroatoms. The number of rotatable bonds is 20. The van der Waals surface area contributed by atoms with E-state index in [-0.39, 0.29) is 35.1 Å². The van der Waals surface area contributed by atoms with Gasteiger partial charge in [-0.2, -0.15) is 0 Å². The maximum Gasteiger partial charge on any atom is 0.343 e. The van der Waals surface area contributed by atoms with Crippen molar-refractivity contribution in [2.24, 2.45) is 5.92 Å². The minimum absolute atomic E-state index is 0.0172. The second kappa shape index (κ2) is 18.2. The van der Waals surface area contributed by atoms with Crippen LogP contribution in [0.4, 0.5) is 0 Å². The van der Waals surface area contributed by atoms with Gasteiger partial charge in [0.1, 0.15) is 24.0 Å². The van der Waals surface area contributed by atoms with Gasteiger partial charge in [0.2, 0.25) is 5.60 Å². The number of ether oxygens (including phenoxy) is 3. The summed E-state index contributed by atoms with van der Waals surface area (Å²) >= 11 is 0. The number of fused-ring (bicyclic) bond motifs is 1. The number of esters is 1. The zero-order chi connectivity index (χ0) is 41.9. The predicted molar refractivity (Wildman–Crippen MR) is 232 cm³/mol. The third kappa shape index (κ3) is 10.2. The molecule has 0 bridgehead atoms. The molecule has 1 N–H and O–H groups in total. The summed E-state index contributed by atoms with van der Waals surface area (Å²) in [6, 6.07) is 12.5. The van der Waals surface area contributed by atoms with Crippen molar-refractivity contribution in [3.63, 3.8) is 0 Å². The molecular formula is C46H74O8Si2. The quantitative estimate of drug-likeness (QED) is 0.0684. The Labute approximate surface area is 340 Å². The molecule has 2 aromatic carbocycles. The lowest BCUT2D eigenvalue weighted by Gasteiger charge is -2.41. The molecular weight excluding hydrogens is 737 g/mol. The van der Waals surface area contributed by atoms with Gasteiger partial charge in [-0.15, -0.1) is 0 Å². The van der Waals surface area contributed by atoms with Gasteiger partial charge in [0.15, 0.2) is 16.6 Å². The highest BCUT2D eigenvalue weighted by Crippen LogP contribution is 2.50. The number of epoxide rings is 1. The van der Waals surface area contributed by atoms with E-state index in [0.29, 0.717) is 32.0 Å². The Morgan fingerprint density at radius 1 is 0.946 bits per heavy atom. The first kappa shape index (κ1) is 46.2. The third-order valence-corrected chi connectivity index (χ3v) is 21.6. The molecule has 1 aliphatic heterocycles. The Morgan fingerprint density at radius 3 is 2.12 bits per heavy atom. The fourth-order valence-electron chi connectivity index (χ4n) is 7.21. The Kier molecular flexibility index (Phi) is 15.0. The molecule has 0 saturated carbocycles. The number of carbonyl (C=O) groups is 1. The first-order valence-electron chi connectivity index (χ1n) is 21.1. The number of aliphatic hydroxyl groups is 1. The van der Waals surface area contributed by atoms with Gasteiger partial charge in [-0.25, -0.2) is 4.79 Å². The van der Waals surface area contributed by atoms with E-state index < -0.39 is 40.4 Å². The molecule has 8 nitrogen and oxygen atoms in total. The fraction of sp³-hybridized carbons (Fsp3) is 0.674. The van der Waals surface area contributed by atoms with Crippen LogP contribution < -0.4 is 4.74 Å². The molecule has 1 fully saturated rings. The average molecular weight is 811 g/mol. The van der Waals surface area contributed by atoms with Gasteiger partial charge in [-0.05, 0) is 85.6 Å². The van der Waals surface area contributed by atoms with Crippen LogP contribution in [0, 0.1) is 5.92 Å². The number of aliphatic hydroxyl groups excluding tert-OH is 1. The van der Waals surface area contributed by atoms with E-state index in [0.717, 1.165) is 51.8 Å². The van der Waals surface area contributed by atoms with E-state index in [1.807, 2.05) is 38.3 Å². The Bertz CT molecular complexity index is 1740. The monoisotopic (exact) mass is 810 g/mol. The number of hydrogen-bond acceptors (Lipinski definition) is 8. The summed E-state index contributed by atoms with van der Waals surface area (Å²) in [5.74, 6) is 0.488. The van der Waals surface area contributed by atoms with Crippen molar-refractivity contribution < 1.29 is 37.4 Å². The molecule has 5 atom stereocenters. The molecule has 0 spiro atoms. The van der Waals surface area contributed by atoms with Crippen molar-refractivity contribution in [2.45, 2.75) is 188 Å². The van der Waals surface area contributed by atoms with Gasteiger partial charge < -0.3 is 32.6 Å². The molecule has 0 aliphatic carbocycles. The third-order valence-electron chi connectivity index (χ3n) is 12.6. The van der Waals surface area contributed by atoms with Crippen LogP contribution in [0.15, 0.2) is 47.1 Å². The number of carbonyl (C=O) groups excluding carboxylic acids is 1. The molecule has 1 aliphatic rings. The fourth-order valence-corrected chi connectivity index (χ4v) is 9.48. The highest BCUT2D eigenvalue weighted by Gasteiger charge is 2.69. The summed E-state index contributed by atoms with van der Waals surface area (Å²) in [5, 5.41) is 13.4. The predicted octanol–water partition coefficient (Wildman–Crippen LogP) is 11.9. The Balaban J connectivity index is 1.86. The number of hydrogen-bond donors (Lipinski definition) is 1. The molecule has 314 valence electrons. The van der Waals surface area contributed by atoms with Crippen molar-refractivity contribution in [3.8, 4) is 5.75 Å². The minimum Gasteiger partial charge on any atom is -0.488 e. The largest absolute Gasteiger partial charge is 0.488 e. The van der Waals surface area contributed by atoms with Gasteiger partial charge >= 0.3 is 5.97 Å². The summed E-state index contributed by atoms with van der Waals surface area (Å²) in [4.78, 5) is 13.8. The van der Waals surface area contributed by atoms with Crippen LogP contribution >= 0.6 is 0 Å². The normalized spacial score (nSPS) is 19.6. The highest BCUT2D eigenvalue weighted by molar-refractivity contribution is 6.74. The van der Waals surface area contributed by atoms with Crippen molar-refractivity contribution in [3.05, 3.63) is 64.9 Å². The maximum absolute atomic E-state index is 13.8. The lowest BCUT2D eigenvalue weighted by Crippen LogP contribution is -2.53. The van der Waals surface area contributed by atoms with Gasteiger partial charge in [-0.1, -0.05) is 106 Å². The van der Waals surface area contributed by atoms with E-state index in [1.54, 1.807) is 0 Å². The van der Waals surface area contributed by atoms with Gasteiger partial charge in [0.25, 0.3) is 0 Å². The minimum atomic E-state index is -2.43. The molecule has 4 rings (SSSR count). The number of benzene rings is 2. The molecule has 2 heterocycles. The lowest BCUT2D eigenvalue weighted by molar-refractivity contribution is -0.154. The zero-order valence-electron chi connectivity index (χ0n) is 37.4. The van der Waals surface area contributed by atoms with Crippen LogP contribution in [0.3, 0.4) is 0 Å². The summed E-state index contributed by atoms with van der Waals surface area (Å²) in [6.45, 7) is 33.7. The van der Waals surface area contributed by atoms with E-state index in [4.69, 9.17) is 27.5 Å². The van der Waals surface area contributed by atoms with Gasteiger partial charge in [0.05, 0.1) is 37.2 Å². The van der Waals surface area contributed by atoms with Crippen LogP contribution in [-0.4, -0.2) is 58.2 Å². The van der Waals surface area contributed by atoms with Crippen molar-refractivity contribution >= 4 is 33.6 Å². The topological polar surface area (TPSA) is 99.9 Å². The first-order chi connectivity index (χ1) is 26.0. The Morgan fingerprint density at radius 2 is 1.59 bits per heavy atom. The molecule has 56 heavy (non-hydrogen) atoms. The second-order valence-electron chi connectivity index (χ2n) is 19.4.